The molecule has 9 nitrogen and oxygen atoms in total. The van der Waals surface area contributed by atoms with Crippen molar-refractivity contribution >= 4 is 22.8 Å². The van der Waals surface area contributed by atoms with Crippen LogP contribution in [-0.4, -0.2) is 25.9 Å². The third kappa shape index (κ3) is 3.01. The molecule has 1 fully saturated rings. The zero-order valence-electron chi connectivity index (χ0n) is 17.0. The number of nitrogens with one attached hydrogen (secondary N) is 1. The minimum absolute atomic E-state index is 0.0160. The molecule has 3 heterocycles. The van der Waals surface area contributed by atoms with Crippen molar-refractivity contribution in [3.05, 3.63) is 44.6 Å². The average molecular weight is 409 g/mol. The molecule has 5 rings (SSSR count). The summed E-state index contributed by atoms with van der Waals surface area (Å²) in [6.45, 7) is 2.15. The van der Waals surface area contributed by atoms with Gasteiger partial charge in [0.15, 0.2) is 17.1 Å². The Morgan fingerprint density at radius 2 is 1.80 bits per heavy atom. The second-order valence-corrected chi connectivity index (χ2v) is 7.88. The summed E-state index contributed by atoms with van der Waals surface area (Å²) in [6, 6.07) is 3.73. The van der Waals surface area contributed by atoms with E-state index < -0.39 is 11.1 Å². The van der Waals surface area contributed by atoms with Crippen LogP contribution in [0.4, 0.5) is 11.6 Å². The molecule has 30 heavy (non-hydrogen) atoms. The molecule has 3 aromatic rings. The maximum Gasteiger partial charge on any atom is 0.318 e. The van der Waals surface area contributed by atoms with Gasteiger partial charge in [-0.1, -0.05) is 19.3 Å². The van der Waals surface area contributed by atoms with Crippen LogP contribution in [0.5, 0.6) is 11.5 Å². The van der Waals surface area contributed by atoms with E-state index in [2.05, 4.69) is 15.3 Å². The van der Waals surface area contributed by atoms with Gasteiger partial charge in [-0.25, -0.2) is 4.98 Å². The van der Waals surface area contributed by atoms with E-state index in [1.165, 1.54) is 4.57 Å². The predicted octanol–water partition coefficient (Wildman–Crippen LogP) is 2.78. The summed E-state index contributed by atoms with van der Waals surface area (Å²) in [5.74, 6) is 1.72. The number of ether oxygens (including phenoxy) is 2. The number of rotatable bonds is 3. The highest BCUT2D eigenvalue weighted by molar-refractivity contribution is 5.73. The van der Waals surface area contributed by atoms with Crippen LogP contribution in [0, 0.1) is 6.92 Å². The lowest BCUT2D eigenvalue weighted by molar-refractivity contribution is 0.174. The lowest BCUT2D eigenvalue weighted by Gasteiger charge is -2.25. The highest BCUT2D eigenvalue weighted by Gasteiger charge is 2.23. The SMILES string of the molecule is Cc1cc2c(cc1Nc1ncc3c(n1)n(C1CCCCC1)c(=O)c(=O)n3C)OCO2. The number of hydrogen-bond donors (Lipinski definition) is 1. The van der Waals surface area contributed by atoms with Crippen molar-refractivity contribution in [1.29, 1.82) is 0 Å². The molecule has 0 spiro atoms. The Kier molecular flexibility index (Phi) is 4.45. The van der Waals surface area contributed by atoms with E-state index in [0.717, 1.165) is 43.4 Å². The minimum atomic E-state index is -0.552. The normalized spacial score (nSPS) is 16.2. The fourth-order valence-electron chi connectivity index (χ4n) is 4.27. The molecule has 156 valence electrons. The highest BCUT2D eigenvalue weighted by Crippen LogP contribution is 2.37. The largest absolute Gasteiger partial charge is 0.454 e. The van der Waals surface area contributed by atoms with E-state index in [9.17, 15) is 9.59 Å². The number of aromatic nitrogens is 4. The van der Waals surface area contributed by atoms with Crippen LogP contribution in [0.15, 0.2) is 27.9 Å². The molecule has 1 saturated carbocycles. The van der Waals surface area contributed by atoms with E-state index in [1.807, 2.05) is 19.1 Å². The number of anilines is 2. The molecular formula is C21H23N5O4. The van der Waals surface area contributed by atoms with Crippen LogP contribution in [0.25, 0.3) is 11.2 Å². The van der Waals surface area contributed by atoms with Gasteiger partial charge < -0.3 is 19.4 Å². The quantitative estimate of drug-likeness (QED) is 0.664. The maximum atomic E-state index is 12.9. The Hall–Kier alpha value is -3.36. The van der Waals surface area contributed by atoms with Crippen molar-refractivity contribution in [2.24, 2.45) is 7.05 Å². The smallest absolute Gasteiger partial charge is 0.318 e. The number of fused-ring (bicyclic) bond motifs is 2. The molecule has 1 aliphatic carbocycles. The predicted molar refractivity (Wildman–Crippen MR) is 112 cm³/mol. The zero-order chi connectivity index (χ0) is 20.8. The van der Waals surface area contributed by atoms with E-state index in [1.54, 1.807) is 17.8 Å². The van der Waals surface area contributed by atoms with Gasteiger partial charge >= 0.3 is 11.1 Å². The first kappa shape index (κ1) is 18.7. The van der Waals surface area contributed by atoms with Gasteiger partial charge in [-0.15, -0.1) is 0 Å². The monoisotopic (exact) mass is 409 g/mol. The molecule has 1 aliphatic heterocycles. The van der Waals surface area contributed by atoms with E-state index in [0.29, 0.717) is 28.6 Å². The van der Waals surface area contributed by atoms with Crippen molar-refractivity contribution in [3.63, 3.8) is 0 Å². The van der Waals surface area contributed by atoms with Gasteiger partial charge in [-0.2, -0.15) is 4.98 Å². The molecular weight excluding hydrogens is 386 g/mol. The Morgan fingerprint density at radius 3 is 2.57 bits per heavy atom. The molecule has 9 heteroatoms. The minimum Gasteiger partial charge on any atom is -0.454 e. The van der Waals surface area contributed by atoms with Crippen molar-refractivity contribution < 1.29 is 9.47 Å². The number of nitrogens with zero attached hydrogens (tertiary/aromatic N) is 4. The van der Waals surface area contributed by atoms with Crippen molar-refractivity contribution in [1.82, 2.24) is 19.1 Å². The number of aryl methyl sites for hydroxylation is 2. The summed E-state index contributed by atoms with van der Waals surface area (Å²) in [6.07, 6.45) is 6.57. The van der Waals surface area contributed by atoms with Gasteiger partial charge in [0.1, 0.15) is 5.52 Å². The van der Waals surface area contributed by atoms with Crippen molar-refractivity contribution in [2.75, 3.05) is 12.1 Å². The van der Waals surface area contributed by atoms with Crippen LogP contribution in [0.3, 0.4) is 0 Å². The summed E-state index contributed by atoms with van der Waals surface area (Å²) in [7, 11) is 1.58. The van der Waals surface area contributed by atoms with Crippen LogP contribution in [0.1, 0.15) is 43.7 Å². The van der Waals surface area contributed by atoms with Crippen LogP contribution >= 0.6 is 0 Å². The van der Waals surface area contributed by atoms with E-state index in [-0.39, 0.29) is 12.8 Å². The second-order valence-electron chi connectivity index (χ2n) is 7.88. The average Bonchev–Trinajstić information content (AvgIpc) is 3.20. The first-order chi connectivity index (χ1) is 14.5. The topological polar surface area (TPSA) is 100 Å². The molecule has 1 aromatic carbocycles. The highest BCUT2D eigenvalue weighted by atomic mass is 16.7. The standard InChI is InChI=1S/C21H23N5O4/c1-12-8-16-17(30-11-29-16)9-14(12)23-21-22-10-15-18(24-21)26(13-6-4-3-5-7-13)20(28)19(27)25(15)2/h8-10,13H,3-7,11H2,1-2H3,(H,22,23,24). The van der Waals surface area contributed by atoms with E-state index >= 15 is 0 Å². The third-order valence-electron chi connectivity index (χ3n) is 5.95. The van der Waals surface area contributed by atoms with Gasteiger partial charge in [-0.05, 0) is 31.4 Å². The molecule has 2 aromatic heterocycles. The third-order valence-corrected chi connectivity index (χ3v) is 5.95. The van der Waals surface area contributed by atoms with Gasteiger partial charge in [0.25, 0.3) is 0 Å². The van der Waals surface area contributed by atoms with Gasteiger partial charge in [-0.3, -0.25) is 14.2 Å². The van der Waals surface area contributed by atoms with Gasteiger partial charge in [0.05, 0.1) is 6.20 Å². The molecule has 0 radical (unpaired) electrons. The molecule has 0 bridgehead atoms. The van der Waals surface area contributed by atoms with Crippen molar-refractivity contribution in [2.45, 2.75) is 45.1 Å². The molecule has 0 atom stereocenters. The summed E-state index contributed by atoms with van der Waals surface area (Å²) < 4.78 is 13.8. The Balaban J connectivity index is 1.62. The summed E-state index contributed by atoms with van der Waals surface area (Å²) in [5.41, 5.74) is 1.68. The first-order valence-electron chi connectivity index (χ1n) is 10.2. The Labute approximate surface area is 172 Å². The summed E-state index contributed by atoms with van der Waals surface area (Å²) >= 11 is 0. The molecule has 0 unspecified atom stereocenters. The number of benzene rings is 1. The molecule has 2 aliphatic rings. The van der Waals surface area contributed by atoms with Crippen LogP contribution in [0.2, 0.25) is 0 Å². The second kappa shape index (κ2) is 7.16. The maximum absolute atomic E-state index is 12.9. The summed E-state index contributed by atoms with van der Waals surface area (Å²) in [5, 5.41) is 3.22. The summed E-state index contributed by atoms with van der Waals surface area (Å²) in [4.78, 5) is 34.4. The van der Waals surface area contributed by atoms with Gasteiger partial charge in [0, 0.05) is 24.8 Å². The lowest BCUT2D eigenvalue weighted by atomic mass is 9.95. The Bertz CT molecular complexity index is 1260. The molecule has 1 N–H and O–H groups in total. The lowest BCUT2D eigenvalue weighted by Crippen LogP contribution is -2.42. The fourth-order valence-corrected chi connectivity index (χ4v) is 4.27. The zero-order valence-corrected chi connectivity index (χ0v) is 17.0. The van der Waals surface area contributed by atoms with Crippen LogP contribution < -0.4 is 25.9 Å². The molecule has 0 amide bonds. The Morgan fingerprint density at radius 1 is 1.07 bits per heavy atom. The van der Waals surface area contributed by atoms with E-state index in [4.69, 9.17) is 9.47 Å². The van der Waals surface area contributed by atoms with Gasteiger partial charge in [0.2, 0.25) is 12.7 Å². The fraction of sp³-hybridized carbons (Fsp3) is 0.429. The number of hydrogen-bond acceptors (Lipinski definition) is 7. The van der Waals surface area contributed by atoms with Crippen LogP contribution in [-0.2, 0) is 7.05 Å². The molecule has 0 saturated heterocycles. The van der Waals surface area contributed by atoms with Crippen molar-refractivity contribution in [3.8, 4) is 11.5 Å². The first-order valence-corrected chi connectivity index (χ1v) is 10.2.